The highest BCUT2D eigenvalue weighted by Crippen LogP contribution is 2.14. The summed E-state index contributed by atoms with van der Waals surface area (Å²) in [6, 6.07) is 7.06. The van der Waals surface area contributed by atoms with E-state index in [-0.39, 0.29) is 12.3 Å². The van der Waals surface area contributed by atoms with E-state index < -0.39 is 5.97 Å². The molecule has 2 N–H and O–H groups in total. The van der Waals surface area contributed by atoms with Gasteiger partial charge in [-0.15, -0.1) is 0 Å². The smallest absolute Gasteiger partial charge is 0.168 e. The van der Waals surface area contributed by atoms with E-state index in [0.29, 0.717) is 31.1 Å². The molecular formula is C16H23NO4. The predicted octanol–water partition coefficient (Wildman–Crippen LogP) is -0.00240. The van der Waals surface area contributed by atoms with Crippen molar-refractivity contribution in [3.8, 4) is 5.75 Å². The van der Waals surface area contributed by atoms with Gasteiger partial charge >= 0.3 is 0 Å². The number of carboxylic acids is 1. The summed E-state index contributed by atoms with van der Waals surface area (Å²) in [5.74, 6) is 0.238. The molecule has 0 saturated carbocycles. The van der Waals surface area contributed by atoms with Crippen LogP contribution in [0.1, 0.15) is 37.0 Å². The van der Waals surface area contributed by atoms with E-state index in [0.717, 1.165) is 12.2 Å². The van der Waals surface area contributed by atoms with E-state index in [1.54, 1.807) is 29.6 Å². The number of Topliss-reactive ketones (excluding diaryl/α,β-unsaturated/α-hetero) is 1. The molecular weight excluding hydrogens is 270 g/mol. The predicted molar refractivity (Wildman–Crippen MR) is 77.0 cm³/mol. The van der Waals surface area contributed by atoms with Gasteiger partial charge in [0.25, 0.3) is 0 Å². The summed E-state index contributed by atoms with van der Waals surface area (Å²) in [5.41, 5.74) is 0.619. The van der Waals surface area contributed by atoms with Crippen molar-refractivity contribution in [3.05, 3.63) is 29.8 Å². The molecule has 5 heteroatoms. The molecule has 0 amide bonds. The molecule has 0 fully saturated rings. The molecule has 0 aliphatic carbocycles. The fraction of sp³-hybridized carbons (Fsp3) is 0.500. The van der Waals surface area contributed by atoms with E-state index in [1.165, 1.54) is 0 Å². The number of carboxylic acid groups (broad SMARTS) is 1. The van der Waals surface area contributed by atoms with Crippen LogP contribution in [-0.2, 0) is 4.79 Å². The van der Waals surface area contributed by atoms with Crippen LogP contribution in [0.4, 0.5) is 0 Å². The third-order valence-corrected chi connectivity index (χ3v) is 3.03. The Morgan fingerprint density at radius 1 is 1.24 bits per heavy atom. The summed E-state index contributed by atoms with van der Waals surface area (Å²) in [5, 5.41) is 11.8. The van der Waals surface area contributed by atoms with Crippen molar-refractivity contribution in [3.63, 3.8) is 0 Å². The zero-order chi connectivity index (χ0) is 15.7. The highest BCUT2D eigenvalue weighted by Gasteiger charge is 2.07. The maximum Gasteiger partial charge on any atom is 0.168 e. The van der Waals surface area contributed by atoms with Crippen LogP contribution in [0.2, 0.25) is 0 Å². The molecule has 0 bridgehead atoms. The molecule has 0 radical (unpaired) electrons. The van der Waals surface area contributed by atoms with Gasteiger partial charge in [-0.25, -0.2) is 0 Å². The number of carbonyl (C=O) groups excluding carboxylic acids is 2. The zero-order valence-electron chi connectivity index (χ0n) is 12.6. The standard InChI is InChI=1S/C16H23NO4/c1-12(2)8-10-21-14-5-3-13(4-6-14)15(18)7-9-17-11-16(19)20/h3-6,12,17H,7-11H2,1-2H3,(H,19,20). The van der Waals surface area contributed by atoms with Crippen LogP contribution < -0.4 is 15.2 Å². The number of hydrogen-bond acceptors (Lipinski definition) is 4. The van der Waals surface area contributed by atoms with Crippen LogP contribution in [-0.4, -0.2) is 31.4 Å². The molecule has 0 unspecified atom stereocenters. The van der Waals surface area contributed by atoms with Gasteiger partial charge in [-0.1, -0.05) is 13.8 Å². The minimum absolute atomic E-state index is 0.00155. The lowest BCUT2D eigenvalue weighted by Gasteiger charge is -2.08. The van der Waals surface area contributed by atoms with Crippen LogP contribution in [0.3, 0.4) is 0 Å². The monoisotopic (exact) mass is 293 g/mol. The highest BCUT2D eigenvalue weighted by atomic mass is 16.5. The SMILES string of the molecule is CC(C)CCOc1ccc(C(=O)CC[NH2+]CC(=O)[O-])cc1. The number of hydrogen-bond donors (Lipinski definition) is 1. The lowest BCUT2D eigenvalue weighted by Crippen LogP contribution is -2.87. The Bertz CT molecular complexity index is 454. The lowest BCUT2D eigenvalue weighted by atomic mass is 10.1. The molecule has 0 saturated heterocycles. The fourth-order valence-corrected chi connectivity index (χ4v) is 1.75. The van der Waals surface area contributed by atoms with Crippen molar-refractivity contribution in [1.82, 2.24) is 0 Å². The van der Waals surface area contributed by atoms with E-state index in [4.69, 9.17) is 4.74 Å². The number of quaternary nitrogens is 1. The maximum atomic E-state index is 11.9. The lowest BCUT2D eigenvalue weighted by molar-refractivity contribution is -0.649. The summed E-state index contributed by atoms with van der Waals surface area (Å²) in [6.07, 6.45) is 1.30. The summed E-state index contributed by atoms with van der Waals surface area (Å²) in [7, 11) is 0. The maximum absolute atomic E-state index is 11.9. The zero-order valence-corrected chi connectivity index (χ0v) is 12.6. The van der Waals surface area contributed by atoms with Crippen LogP contribution in [0.15, 0.2) is 24.3 Å². The average Bonchev–Trinajstić information content (AvgIpc) is 2.43. The number of ether oxygens (including phenoxy) is 1. The van der Waals surface area contributed by atoms with Crippen molar-refractivity contribution in [1.29, 1.82) is 0 Å². The quantitative estimate of drug-likeness (QED) is 0.486. The molecule has 5 nitrogen and oxygen atoms in total. The molecule has 0 aromatic heterocycles. The van der Waals surface area contributed by atoms with Crippen molar-refractivity contribution in [2.45, 2.75) is 26.7 Å². The molecule has 0 aliphatic heterocycles. The first kappa shape index (κ1) is 17.2. The van der Waals surface area contributed by atoms with Gasteiger partial charge in [0.05, 0.1) is 25.5 Å². The number of aliphatic carboxylic acids is 1. The van der Waals surface area contributed by atoms with E-state index in [2.05, 4.69) is 13.8 Å². The Labute approximate surface area is 125 Å². The van der Waals surface area contributed by atoms with Gasteiger partial charge in [-0.3, -0.25) is 4.79 Å². The molecule has 116 valence electrons. The summed E-state index contributed by atoms with van der Waals surface area (Å²) in [4.78, 5) is 22.1. The molecule has 0 heterocycles. The minimum Gasteiger partial charge on any atom is -0.544 e. The molecule has 1 aromatic carbocycles. The number of nitrogens with two attached hydrogens (primary N) is 1. The second kappa shape index (κ2) is 9.13. The van der Waals surface area contributed by atoms with Gasteiger partial charge in [-0.05, 0) is 36.6 Å². The summed E-state index contributed by atoms with van der Waals surface area (Å²) in [6.45, 7) is 5.28. The van der Waals surface area contributed by atoms with Crippen LogP contribution in [0.25, 0.3) is 0 Å². The second-order valence-electron chi connectivity index (χ2n) is 5.38. The average molecular weight is 293 g/mol. The third kappa shape index (κ3) is 7.46. The number of carbonyl (C=O) groups is 2. The van der Waals surface area contributed by atoms with Crippen LogP contribution in [0.5, 0.6) is 5.75 Å². The van der Waals surface area contributed by atoms with Gasteiger partial charge in [0.15, 0.2) is 5.78 Å². The minimum atomic E-state index is -1.12. The van der Waals surface area contributed by atoms with Gasteiger partial charge in [0, 0.05) is 5.56 Å². The van der Waals surface area contributed by atoms with Crippen LogP contribution in [0, 0.1) is 5.92 Å². The highest BCUT2D eigenvalue weighted by molar-refractivity contribution is 5.96. The number of rotatable bonds is 10. The Balaban J connectivity index is 2.35. The third-order valence-electron chi connectivity index (χ3n) is 3.03. The van der Waals surface area contributed by atoms with Gasteiger partial charge in [0.2, 0.25) is 0 Å². The fourth-order valence-electron chi connectivity index (χ4n) is 1.75. The topological polar surface area (TPSA) is 83.0 Å². The van der Waals surface area contributed by atoms with Crippen molar-refractivity contribution in [2.24, 2.45) is 5.92 Å². The summed E-state index contributed by atoms with van der Waals surface area (Å²) >= 11 is 0. The summed E-state index contributed by atoms with van der Waals surface area (Å²) < 4.78 is 5.59. The molecule has 1 aromatic rings. The normalized spacial score (nSPS) is 10.6. The van der Waals surface area contributed by atoms with Crippen LogP contribution >= 0.6 is 0 Å². The Morgan fingerprint density at radius 2 is 1.90 bits per heavy atom. The van der Waals surface area contributed by atoms with Gasteiger partial charge < -0.3 is 20.0 Å². The van der Waals surface area contributed by atoms with Crippen molar-refractivity contribution < 1.29 is 24.7 Å². The number of ketones is 1. The molecule has 0 spiro atoms. The molecule has 21 heavy (non-hydrogen) atoms. The Hall–Kier alpha value is -1.88. The second-order valence-corrected chi connectivity index (χ2v) is 5.38. The first-order valence-electron chi connectivity index (χ1n) is 7.26. The van der Waals surface area contributed by atoms with E-state index in [9.17, 15) is 14.7 Å². The van der Waals surface area contributed by atoms with E-state index >= 15 is 0 Å². The molecule has 1 rings (SSSR count). The first-order valence-corrected chi connectivity index (χ1v) is 7.26. The largest absolute Gasteiger partial charge is 0.544 e. The van der Waals surface area contributed by atoms with E-state index in [1.807, 2.05) is 0 Å². The van der Waals surface area contributed by atoms with Gasteiger partial charge in [-0.2, -0.15) is 0 Å². The molecule has 0 atom stereocenters. The first-order chi connectivity index (χ1) is 9.99. The Kier molecular flexibility index (Phi) is 7.46. The van der Waals surface area contributed by atoms with Crippen molar-refractivity contribution >= 4 is 11.8 Å². The van der Waals surface area contributed by atoms with Gasteiger partial charge in [0.1, 0.15) is 12.3 Å². The Morgan fingerprint density at radius 3 is 2.48 bits per heavy atom. The molecule has 0 aliphatic rings. The number of benzene rings is 1. The van der Waals surface area contributed by atoms with Crippen molar-refractivity contribution in [2.75, 3.05) is 19.7 Å².